The molecule has 0 saturated heterocycles. The van der Waals surface area contributed by atoms with Gasteiger partial charge in [0, 0.05) is 5.92 Å². The molecular weight excluding hydrogens is 126 g/mol. The normalized spacial score (nSPS) is 30.4. The second-order valence-electron chi connectivity index (χ2n) is 2.71. The molecule has 0 N–H and O–H groups in total. The fraction of sp³-hybridized carbons (Fsp3) is 0.500. The van der Waals surface area contributed by atoms with Gasteiger partial charge >= 0.3 is 0 Å². The molecular formula is C8H10NO. The van der Waals surface area contributed by atoms with E-state index in [1.54, 1.807) is 6.26 Å². The van der Waals surface area contributed by atoms with Crippen LogP contribution in [-0.4, -0.2) is 6.54 Å². The Bertz CT molecular complexity index is 184. The van der Waals surface area contributed by atoms with E-state index in [-0.39, 0.29) is 0 Å². The average Bonchev–Trinajstić information content (AvgIpc) is 2.05. The Morgan fingerprint density at radius 3 is 3.50 bits per heavy atom. The maximum absolute atomic E-state index is 4.85. The first-order chi connectivity index (χ1) is 4.97. The van der Waals surface area contributed by atoms with Gasteiger partial charge in [-0.25, -0.2) is 0 Å². The van der Waals surface area contributed by atoms with E-state index in [1.165, 1.54) is 18.4 Å². The van der Waals surface area contributed by atoms with Crippen molar-refractivity contribution in [2.75, 3.05) is 6.54 Å². The lowest BCUT2D eigenvalue weighted by Crippen LogP contribution is -2.23. The summed E-state index contributed by atoms with van der Waals surface area (Å²) >= 11 is 0. The molecule has 0 aromatic heterocycles. The van der Waals surface area contributed by atoms with Crippen molar-refractivity contribution in [3.63, 3.8) is 0 Å². The van der Waals surface area contributed by atoms with Gasteiger partial charge in [0.15, 0.2) is 0 Å². The van der Waals surface area contributed by atoms with E-state index in [0.29, 0.717) is 5.92 Å². The van der Waals surface area contributed by atoms with Crippen LogP contribution in [0.3, 0.4) is 0 Å². The Balaban J connectivity index is 2.21. The molecule has 0 bridgehead atoms. The van der Waals surface area contributed by atoms with Crippen molar-refractivity contribution in [2.45, 2.75) is 12.8 Å². The monoisotopic (exact) mass is 136 g/mol. The molecule has 1 radical (unpaired) electrons. The Kier molecular flexibility index (Phi) is 1.47. The predicted octanol–water partition coefficient (Wildman–Crippen LogP) is 1.39. The van der Waals surface area contributed by atoms with E-state index >= 15 is 0 Å². The largest absolute Gasteiger partial charge is 0.396 e. The van der Waals surface area contributed by atoms with Crippen molar-refractivity contribution < 1.29 is 4.84 Å². The van der Waals surface area contributed by atoms with E-state index in [4.69, 9.17) is 4.84 Å². The summed E-state index contributed by atoms with van der Waals surface area (Å²) < 4.78 is 0. The van der Waals surface area contributed by atoms with E-state index in [9.17, 15) is 0 Å². The lowest BCUT2D eigenvalue weighted by Gasteiger charge is -2.23. The summed E-state index contributed by atoms with van der Waals surface area (Å²) in [4.78, 5) is 4.85. The van der Waals surface area contributed by atoms with Gasteiger partial charge in [-0.3, -0.25) is 0 Å². The van der Waals surface area contributed by atoms with Crippen LogP contribution in [0.25, 0.3) is 0 Å². The minimum atomic E-state index is 0.638. The van der Waals surface area contributed by atoms with Crippen LogP contribution in [0.15, 0.2) is 24.0 Å². The Morgan fingerprint density at radius 2 is 2.60 bits per heavy atom. The van der Waals surface area contributed by atoms with Crippen LogP contribution in [0, 0.1) is 5.92 Å². The third-order valence-electron chi connectivity index (χ3n) is 2.02. The maximum Gasteiger partial charge on any atom is 0.117 e. The summed E-state index contributed by atoms with van der Waals surface area (Å²) in [6.45, 7) is 0.843. The van der Waals surface area contributed by atoms with Gasteiger partial charge < -0.3 is 4.84 Å². The lowest BCUT2D eigenvalue weighted by atomic mass is 9.90. The first kappa shape index (κ1) is 5.98. The second kappa shape index (κ2) is 2.46. The zero-order valence-corrected chi connectivity index (χ0v) is 5.79. The Morgan fingerprint density at radius 1 is 1.60 bits per heavy atom. The third-order valence-corrected chi connectivity index (χ3v) is 2.02. The number of hydrogen-bond donors (Lipinski definition) is 0. The minimum Gasteiger partial charge on any atom is -0.396 e. The minimum absolute atomic E-state index is 0.638. The van der Waals surface area contributed by atoms with Crippen molar-refractivity contribution in [1.29, 1.82) is 0 Å². The average molecular weight is 136 g/mol. The van der Waals surface area contributed by atoms with Crippen LogP contribution in [0.4, 0.5) is 0 Å². The summed E-state index contributed by atoms with van der Waals surface area (Å²) in [6, 6.07) is 0. The van der Waals surface area contributed by atoms with Crippen molar-refractivity contribution >= 4 is 0 Å². The van der Waals surface area contributed by atoms with Crippen LogP contribution < -0.4 is 5.48 Å². The number of allylic oxidation sites excluding steroid dienone is 2. The molecule has 1 heterocycles. The van der Waals surface area contributed by atoms with Crippen molar-refractivity contribution in [3.05, 3.63) is 24.0 Å². The van der Waals surface area contributed by atoms with E-state index < -0.39 is 0 Å². The van der Waals surface area contributed by atoms with Gasteiger partial charge in [-0.2, -0.15) is 0 Å². The number of hydrogen-bond acceptors (Lipinski definition) is 1. The molecule has 0 spiro atoms. The zero-order valence-electron chi connectivity index (χ0n) is 5.79. The van der Waals surface area contributed by atoms with Crippen molar-refractivity contribution in [1.82, 2.24) is 5.48 Å². The highest BCUT2D eigenvalue weighted by Gasteiger charge is 2.19. The molecule has 2 aliphatic rings. The fourth-order valence-electron chi connectivity index (χ4n) is 1.38. The van der Waals surface area contributed by atoms with Gasteiger partial charge in [-0.05, 0) is 23.9 Å². The first-order valence-corrected chi connectivity index (χ1v) is 3.66. The molecule has 1 aliphatic carbocycles. The first-order valence-electron chi connectivity index (χ1n) is 3.66. The molecule has 1 aliphatic heterocycles. The van der Waals surface area contributed by atoms with E-state index in [1.807, 2.05) is 0 Å². The number of hydroxylamine groups is 1. The van der Waals surface area contributed by atoms with Crippen LogP contribution in [0.5, 0.6) is 0 Å². The van der Waals surface area contributed by atoms with E-state index in [0.717, 1.165) is 6.54 Å². The summed E-state index contributed by atoms with van der Waals surface area (Å²) in [5.74, 6) is 0.638. The molecule has 53 valence electrons. The third kappa shape index (κ3) is 0.948. The number of fused-ring (bicyclic) bond motifs is 1. The van der Waals surface area contributed by atoms with Crippen LogP contribution in [-0.2, 0) is 4.84 Å². The molecule has 0 aromatic carbocycles. The van der Waals surface area contributed by atoms with Gasteiger partial charge in [-0.15, -0.1) is 0 Å². The van der Waals surface area contributed by atoms with Crippen LogP contribution in [0.2, 0.25) is 0 Å². The quantitative estimate of drug-likeness (QED) is 0.493. The zero-order chi connectivity index (χ0) is 6.81. The molecule has 0 amide bonds. The summed E-state index contributed by atoms with van der Waals surface area (Å²) in [6.07, 6.45) is 8.51. The van der Waals surface area contributed by atoms with Gasteiger partial charge in [0.1, 0.15) is 6.26 Å². The highest BCUT2D eigenvalue weighted by Crippen LogP contribution is 2.25. The smallest absolute Gasteiger partial charge is 0.117 e. The predicted molar refractivity (Wildman–Crippen MR) is 38.0 cm³/mol. The molecule has 2 rings (SSSR count). The SMILES string of the molecule is C1=CC2=CO[N]CC2CC1. The van der Waals surface area contributed by atoms with Crippen LogP contribution >= 0.6 is 0 Å². The van der Waals surface area contributed by atoms with Gasteiger partial charge in [-0.1, -0.05) is 12.2 Å². The topological polar surface area (TPSA) is 23.3 Å². The molecule has 1 atom stereocenters. The molecule has 2 heteroatoms. The van der Waals surface area contributed by atoms with Crippen molar-refractivity contribution in [2.24, 2.45) is 5.92 Å². The van der Waals surface area contributed by atoms with Crippen LogP contribution in [0.1, 0.15) is 12.8 Å². The number of nitrogens with zero attached hydrogens (tertiary/aromatic N) is 1. The summed E-state index contributed by atoms with van der Waals surface area (Å²) in [5.41, 5.74) is 5.16. The standard InChI is InChI=1S/C8H10NO/c1-2-4-8-6-10-9-5-7(8)3-1/h2,4,6-7H,1,3,5H2. The lowest BCUT2D eigenvalue weighted by molar-refractivity contribution is 0.0926. The Labute approximate surface area is 60.5 Å². The fourth-order valence-corrected chi connectivity index (χ4v) is 1.38. The van der Waals surface area contributed by atoms with E-state index in [2.05, 4.69) is 17.6 Å². The van der Waals surface area contributed by atoms with Gasteiger partial charge in [0.2, 0.25) is 0 Å². The summed E-state index contributed by atoms with van der Waals surface area (Å²) in [5, 5.41) is 0. The second-order valence-corrected chi connectivity index (χ2v) is 2.71. The van der Waals surface area contributed by atoms with Gasteiger partial charge in [0.25, 0.3) is 0 Å². The molecule has 0 aromatic rings. The highest BCUT2D eigenvalue weighted by molar-refractivity contribution is 5.24. The van der Waals surface area contributed by atoms with Crippen molar-refractivity contribution in [3.8, 4) is 0 Å². The summed E-state index contributed by atoms with van der Waals surface area (Å²) in [7, 11) is 0. The molecule has 0 saturated carbocycles. The number of rotatable bonds is 0. The molecule has 2 nitrogen and oxygen atoms in total. The maximum atomic E-state index is 4.85. The van der Waals surface area contributed by atoms with Gasteiger partial charge in [0.05, 0.1) is 6.54 Å². The molecule has 0 fully saturated rings. The Hall–Kier alpha value is -0.760. The highest BCUT2D eigenvalue weighted by atomic mass is 16.6. The molecule has 10 heavy (non-hydrogen) atoms. The molecule has 1 unspecified atom stereocenters.